The van der Waals surface area contributed by atoms with Gasteiger partial charge in [-0.25, -0.2) is 4.79 Å². The highest BCUT2D eigenvalue weighted by Gasteiger charge is 2.22. The third kappa shape index (κ3) is 3.03. The summed E-state index contributed by atoms with van der Waals surface area (Å²) in [4.78, 5) is 13.0. The molecule has 0 spiro atoms. The summed E-state index contributed by atoms with van der Waals surface area (Å²) in [5, 5.41) is 12.2. The molecule has 3 rings (SSSR count). The van der Waals surface area contributed by atoms with Gasteiger partial charge in [0.05, 0.1) is 0 Å². The molecule has 0 aliphatic carbocycles. The fraction of sp³-hybridized carbons (Fsp3) is 0.438. The van der Waals surface area contributed by atoms with E-state index in [1.165, 1.54) is 0 Å². The predicted octanol–water partition coefficient (Wildman–Crippen LogP) is 3.01. The van der Waals surface area contributed by atoms with Crippen molar-refractivity contribution < 1.29 is 14.3 Å². The highest BCUT2D eigenvalue weighted by Crippen LogP contribution is 2.33. The number of likely N-dealkylation sites (tertiary alicyclic amines) is 1. The quantitative estimate of drug-likeness (QED) is 0.911. The topological polar surface area (TPSA) is 65.7 Å². The second-order valence-electron chi connectivity index (χ2n) is 5.72. The van der Waals surface area contributed by atoms with Gasteiger partial charge >= 0.3 is 6.09 Å². The van der Waals surface area contributed by atoms with E-state index in [0.717, 1.165) is 48.2 Å². The lowest BCUT2D eigenvalue weighted by Gasteiger charge is -2.27. The second kappa shape index (κ2) is 5.77. The summed E-state index contributed by atoms with van der Waals surface area (Å²) in [6.07, 6.45) is 1.20. The molecule has 5 nitrogen and oxygen atoms in total. The third-order valence-corrected chi connectivity index (χ3v) is 4.20. The van der Waals surface area contributed by atoms with Crippen molar-refractivity contribution >= 4 is 17.1 Å². The fourth-order valence-electron chi connectivity index (χ4n) is 2.95. The smallest absolute Gasteiger partial charge is 0.404 e. The van der Waals surface area contributed by atoms with E-state index in [4.69, 9.17) is 9.52 Å². The zero-order chi connectivity index (χ0) is 14.8. The molecule has 5 heteroatoms. The van der Waals surface area contributed by atoms with Gasteiger partial charge in [-0.15, -0.1) is 0 Å². The van der Waals surface area contributed by atoms with Crippen LogP contribution in [0.25, 0.3) is 11.0 Å². The molecule has 1 fully saturated rings. The number of carbonyl (C=O) groups is 1. The Labute approximate surface area is 123 Å². The van der Waals surface area contributed by atoms with Gasteiger partial charge in [-0.3, -0.25) is 0 Å². The molecule has 1 aromatic heterocycles. The summed E-state index contributed by atoms with van der Waals surface area (Å²) in [5.41, 5.74) is 1.69. The normalized spacial score (nSPS) is 17.2. The Morgan fingerprint density at radius 1 is 1.43 bits per heavy atom. The number of carboxylic acid groups (broad SMARTS) is 1. The molecule has 2 heterocycles. The summed E-state index contributed by atoms with van der Waals surface area (Å²) < 4.78 is 6.05. The van der Waals surface area contributed by atoms with Crippen LogP contribution in [0.15, 0.2) is 28.7 Å². The van der Waals surface area contributed by atoms with E-state index in [9.17, 15) is 4.79 Å². The number of fused-ring (bicyclic) bond motifs is 1. The van der Waals surface area contributed by atoms with E-state index in [1.54, 1.807) is 0 Å². The minimum absolute atomic E-state index is 0.271. The number of amides is 1. The third-order valence-electron chi connectivity index (χ3n) is 4.20. The van der Waals surface area contributed by atoms with Gasteiger partial charge in [0, 0.05) is 23.4 Å². The lowest BCUT2D eigenvalue weighted by atomic mass is 9.94. The van der Waals surface area contributed by atoms with Gasteiger partial charge in [0.15, 0.2) is 0 Å². The Bertz CT molecular complexity index is 642. The van der Waals surface area contributed by atoms with Crippen LogP contribution in [0.5, 0.6) is 0 Å². The van der Waals surface area contributed by atoms with Crippen LogP contribution in [0.1, 0.15) is 30.1 Å². The average Bonchev–Trinajstić information content (AvgIpc) is 2.90. The van der Waals surface area contributed by atoms with Crippen LogP contribution in [-0.2, 0) is 6.54 Å². The summed E-state index contributed by atoms with van der Waals surface area (Å²) in [6.45, 7) is 2.46. The molecular weight excluding hydrogens is 268 g/mol. The monoisotopic (exact) mass is 288 g/mol. The first-order valence-corrected chi connectivity index (χ1v) is 7.30. The molecule has 1 aliphatic rings. The van der Waals surface area contributed by atoms with Crippen LogP contribution in [0.3, 0.4) is 0 Å². The van der Waals surface area contributed by atoms with Gasteiger partial charge in [-0.1, -0.05) is 18.2 Å². The lowest BCUT2D eigenvalue weighted by molar-refractivity contribution is 0.194. The second-order valence-corrected chi connectivity index (χ2v) is 5.72. The van der Waals surface area contributed by atoms with E-state index >= 15 is 0 Å². The Balaban J connectivity index is 1.85. The number of hydrogen-bond acceptors (Lipinski definition) is 3. The van der Waals surface area contributed by atoms with Crippen molar-refractivity contribution in [3.63, 3.8) is 0 Å². The van der Waals surface area contributed by atoms with Crippen molar-refractivity contribution in [3.8, 4) is 0 Å². The molecule has 2 N–H and O–H groups in total. The first-order valence-electron chi connectivity index (χ1n) is 7.30. The maximum absolute atomic E-state index is 10.6. The number of nitrogens with one attached hydrogen (secondary N) is 1. The van der Waals surface area contributed by atoms with E-state index < -0.39 is 6.09 Å². The van der Waals surface area contributed by atoms with Crippen LogP contribution >= 0.6 is 0 Å². The summed E-state index contributed by atoms with van der Waals surface area (Å²) in [5.74, 6) is 1.50. The van der Waals surface area contributed by atoms with E-state index in [0.29, 0.717) is 5.92 Å². The number of benzene rings is 1. The standard InChI is InChI=1S/C16H20N2O3/c1-18-7-5-11(6-8-18)14-9-12-3-2-4-13(15(12)21-14)10-17-16(19)20/h2-4,9,11,17H,5-8,10H2,1H3,(H,19,20). The molecule has 21 heavy (non-hydrogen) atoms. The summed E-state index contributed by atoms with van der Waals surface area (Å²) in [6, 6.07) is 7.96. The van der Waals surface area contributed by atoms with Gasteiger partial charge in [-0.2, -0.15) is 0 Å². The molecule has 112 valence electrons. The SMILES string of the molecule is CN1CCC(c2cc3cccc(CNC(=O)O)c3o2)CC1. The first kappa shape index (κ1) is 13.9. The molecule has 0 radical (unpaired) electrons. The van der Waals surface area contributed by atoms with E-state index in [1.807, 2.05) is 18.2 Å². The minimum atomic E-state index is -1.02. The van der Waals surface area contributed by atoms with E-state index in [2.05, 4.69) is 23.3 Å². The number of rotatable bonds is 3. The maximum Gasteiger partial charge on any atom is 0.404 e. The molecule has 2 aromatic rings. The summed E-state index contributed by atoms with van der Waals surface area (Å²) >= 11 is 0. The average molecular weight is 288 g/mol. The van der Waals surface area contributed by atoms with Crippen LogP contribution in [-0.4, -0.2) is 36.2 Å². The van der Waals surface area contributed by atoms with Crippen molar-refractivity contribution in [2.45, 2.75) is 25.3 Å². The van der Waals surface area contributed by atoms with Crippen LogP contribution in [0, 0.1) is 0 Å². The molecule has 1 aromatic carbocycles. The van der Waals surface area contributed by atoms with Crippen molar-refractivity contribution in [1.29, 1.82) is 0 Å². The minimum Gasteiger partial charge on any atom is -0.465 e. The lowest BCUT2D eigenvalue weighted by Crippen LogP contribution is -2.29. The van der Waals surface area contributed by atoms with Gasteiger partial charge in [0.2, 0.25) is 0 Å². The molecular formula is C16H20N2O3. The van der Waals surface area contributed by atoms with Crippen molar-refractivity contribution in [3.05, 3.63) is 35.6 Å². The molecule has 0 atom stereocenters. The zero-order valence-electron chi connectivity index (χ0n) is 12.1. The maximum atomic E-state index is 10.6. The highest BCUT2D eigenvalue weighted by atomic mass is 16.4. The Morgan fingerprint density at radius 3 is 2.90 bits per heavy atom. The molecule has 0 unspecified atom stereocenters. The van der Waals surface area contributed by atoms with Crippen molar-refractivity contribution in [1.82, 2.24) is 10.2 Å². The number of furan rings is 1. The van der Waals surface area contributed by atoms with Crippen LogP contribution in [0.2, 0.25) is 0 Å². The molecule has 1 aliphatic heterocycles. The van der Waals surface area contributed by atoms with Gasteiger partial charge in [0.1, 0.15) is 11.3 Å². The zero-order valence-corrected chi connectivity index (χ0v) is 12.1. The van der Waals surface area contributed by atoms with Crippen molar-refractivity contribution in [2.75, 3.05) is 20.1 Å². The molecule has 1 saturated heterocycles. The highest BCUT2D eigenvalue weighted by molar-refractivity contribution is 5.81. The Morgan fingerprint density at radius 2 is 2.19 bits per heavy atom. The molecule has 0 bridgehead atoms. The Hall–Kier alpha value is -2.01. The Kier molecular flexibility index (Phi) is 3.84. The first-order chi connectivity index (χ1) is 10.1. The van der Waals surface area contributed by atoms with Gasteiger partial charge in [-0.05, 0) is 39.0 Å². The van der Waals surface area contributed by atoms with Crippen LogP contribution in [0.4, 0.5) is 4.79 Å². The fourth-order valence-corrected chi connectivity index (χ4v) is 2.95. The van der Waals surface area contributed by atoms with Crippen LogP contribution < -0.4 is 5.32 Å². The number of nitrogens with zero attached hydrogens (tertiary/aromatic N) is 1. The number of piperidine rings is 1. The van der Waals surface area contributed by atoms with Gasteiger partial charge < -0.3 is 19.7 Å². The molecule has 1 amide bonds. The van der Waals surface area contributed by atoms with E-state index in [-0.39, 0.29) is 6.54 Å². The largest absolute Gasteiger partial charge is 0.465 e. The predicted molar refractivity (Wildman–Crippen MR) is 80.6 cm³/mol. The number of hydrogen-bond donors (Lipinski definition) is 2. The molecule has 0 saturated carbocycles. The summed E-state index contributed by atoms with van der Waals surface area (Å²) in [7, 11) is 2.14. The van der Waals surface area contributed by atoms with Crippen molar-refractivity contribution in [2.24, 2.45) is 0 Å². The van der Waals surface area contributed by atoms with Gasteiger partial charge in [0.25, 0.3) is 0 Å². The number of para-hydroxylation sites is 1.